The number of ether oxygens (including phenoxy) is 3. The molecule has 38 heavy (non-hydrogen) atoms. The average molecular weight is 537 g/mol. The molecule has 214 valence electrons. The predicted octanol–water partition coefficient (Wildman–Crippen LogP) is 1.43. The second-order valence-corrected chi connectivity index (χ2v) is 13.5. The van der Waals surface area contributed by atoms with E-state index in [-0.39, 0.29) is 34.7 Å². The topological polar surface area (TPSA) is 146 Å². The molecule has 0 radical (unpaired) electrons. The van der Waals surface area contributed by atoms with E-state index in [1.54, 1.807) is 6.08 Å². The number of hydrogen-bond donors (Lipinski definition) is 5. The van der Waals surface area contributed by atoms with Crippen LogP contribution in [0.2, 0.25) is 0 Å². The Balaban J connectivity index is 1.15. The normalized spacial score (nSPS) is 54.5. The summed E-state index contributed by atoms with van der Waals surface area (Å²) in [5, 5.41) is 52.6. The molecule has 5 fully saturated rings. The van der Waals surface area contributed by atoms with E-state index < -0.39 is 42.9 Å². The summed E-state index contributed by atoms with van der Waals surface area (Å²) in [6, 6.07) is 0. The van der Waals surface area contributed by atoms with Crippen LogP contribution in [-0.4, -0.2) is 87.1 Å². The van der Waals surface area contributed by atoms with Crippen molar-refractivity contribution >= 4 is 5.97 Å². The molecule has 0 spiro atoms. The zero-order valence-corrected chi connectivity index (χ0v) is 22.5. The molecule has 2 heterocycles. The molecule has 0 bridgehead atoms. The minimum absolute atomic E-state index is 0.0823. The van der Waals surface area contributed by atoms with Crippen molar-refractivity contribution in [1.29, 1.82) is 0 Å². The van der Waals surface area contributed by atoms with Crippen LogP contribution in [0.5, 0.6) is 0 Å². The fourth-order valence-corrected chi connectivity index (χ4v) is 9.86. The SMILES string of the molecule is CC12CCC(OC3OC(CO)C(O)C(O)C3O)CC1CCC1C2CCC2(C)C(C3=CC(=O)OC3)CCC12O. The molecular weight excluding hydrogens is 492 g/mol. The van der Waals surface area contributed by atoms with Gasteiger partial charge in [-0.1, -0.05) is 13.8 Å². The monoisotopic (exact) mass is 536 g/mol. The van der Waals surface area contributed by atoms with Gasteiger partial charge in [0.15, 0.2) is 6.29 Å². The van der Waals surface area contributed by atoms with Crippen molar-refractivity contribution in [3.63, 3.8) is 0 Å². The maximum absolute atomic E-state index is 12.4. The van der Waals surface area contributed by atoms with E-state index in [9.17, 15) is 30.3 Å². The number of aliphatic hydroxyl groups excluding tert-OH is 4. The minimum Gasteiger partial charge on any atom is -0.458 e. The van der Waals surface area contributed by atoms with Gasteiger partial charge in [-0.25, -0.2) is 4.79 Å². The molecule has 9 nitrogen and oxygen atoms in total. The highest BCUT2D eigenvalue weighted by molar-refractivity contribution is 5.85. The van der Waals surface area contributed by atoms with E-state index in [4.69, 9.17) is 14.2 Å². The lowest BCUT2D eigenvalue weighted by Gasteiger charge is -2.64. The molecule has 0 aromatic carbocycles. The van der Waals surface area contributed by atoms with Crippen LogP contribution < -0.4 is 0 Å². The molecule has 13 unspecified atom stereocenters. The van der Waals surface area contributed by atoms with Gasteiger partial charge >= 0.3 is 5.97 Å². The van der Waals surface area contributed by atoms with Crippen LogP contribution in [0.15, 0.2) is 11.6 Å². The first-order chi connectivity index (χ1) is 18.0. The first-order valence-electron chi connectivity index (χ1n) is 14.6. The van der Waals surface area contributed by atoms with Gasteiger partial charge in [-0.15, -0.1) is 0 Å². The average Bonchev–Trinajstić information content (AvgIpc) is 3.44. The van der Waals surface area contributed by atoms with Crippen molar-refractivity contribution in [2.24, 2.45) is 34.5 Å². The van der Waals surface area contributed by atoms with Crippen molar-refractivity contribution in [3.8, 4) is 0 Å². The predicted molar refractivity (Wildman–Crippen MR) is 134 cm³/mol. The van der Waals surface area contributed by atoms with Gasteiger partial charge in [0.2, 0.25) is 0 Å². The van der Waals surface area contributed by atoms with E-state index >= 15 is 0 Å². The van der Waals surface area contributed by atoms with Gasteiger partial charge in [0.25, 0.3) is 0 Å². The van der Waals surface area contributed by atoms with Crippen molar-refractivity contribution in [2.45, 2.75) is 114 Å². The Bertz CT molecular complexity index is 968. The quantitative estimate of drug-likeness (QED) is 0.266. The summed E-state index contributed by atoms with van der Waals surface area (Å²) >= 11 is 0. The molecule has 4 saturated carbocycles. The molecular formula is C29H44O9. The Hall–Kier alpha value is -1.07. The first-order valence-corrected chi connectivity index (χ1v) is 14.6. The summed E-state index contributed by atoms with van der Waals surface area (Å²) in [5.41, 5.74) is 0.141. The number of carbonyl (C=O) groups is 1. The van der Waals surface area contributed by atoms with E-state index in [1.807, 2.05) is 0 Å². The smallest absolute Gasteiger partial charge is 0.331 e. The molecule has 1 saturated heterocycles. The second kappa shape index (κ2) is 9.50. The van der Waals surface area contributed by atoms with E-state index in [0.717, 1.165) is 63.4 Å². The molecule has 6 aliphatic rings. The summed E-state index contributed by atoms with van der Waals surface area (Å²) in [6.45, 7) is 4.52. The molecule has 0 aromatic rings. The molecule has 0 amide bonds. The Labute approximate surface area is 224 Å². The fraction of sp³-hybridized carbons (Fsp3) is 0.897. The number of rotatable bonds is 4. The third-order valence-corrected chi connectivity index (χ3v) is 12.1. The molecule has 13 atom stereocenters. The number of cyclic esters (lactones) is 1. The Morgan fingerprint density at radius 2 is 1.76 bits per heavy atom. The molecule has 4 aliphatic carbocycles. The highest BCUT2D eigenvalue weighted by atomic mass is 16.7. The van der Waals surface area contributed by atoms with Gasteiger partial charge in [0.05, 0.1) is 18.3 Å². The Morgan fingerprint density at radius 1 is 0.974 bits per heavy atom. The van der Waals surface area contributed by atoms with Crippen LogP contribution >= 0.6 is 0 Å². The van der Waals surface area contributed by atoms with Crippen LogP contribution in [0.3, 0.4) is 0 Å². The highest BCUT2D eigenvalue weighted by Gasteiger charge is 2.67. The Morgan fingerprint density at radius 3 is 2.47 bits per heavy atom. The van der Waals surface area contributed by atoms with Crippen molar-refractivity contribution in [3.05, 3.63) is 11.6 Å². The van der Waals surface area contributed by atoms with Gasteiger partial charge in [-0.3, -0.25) is 0 Å². The standard InChI is InChI=1S/C29H44O9/c1-27-8-5-17(37-26-25(34)24(33)23(32)21(13-30)38-26)12-16(27)3-4-20-19(27)6-9-28(2)18(7-10-29(20,28)35)15-11-22(31)36-14-15/h11,16-21,23-26,30,32-35H,3-10,12-14H2,1-2H3. The maximum Gasteiger partial charge on any atom is 0.331 e. The van der Waals surface area contributed by atoms with E-state index in [1.165, 1.54) is 0 Å². The lowest BCUT2D eigenvalue weighted by molar-refractivity contribution is -0.317. The number of esters is 1. The first kappa shape index (κ1) is 27.1. The van der Waals surface area contributed by atoms with Gasteiger partial charge < -0.3 is 39.7 Å². The third kappa shape index (κ3) is 3.87. The summed E-state index contributed by atoms with van der Waals surface area (Å²) in [4.78, 5) is 11.8. The molecule has 0 aromatic heterocycles. The van der Waals surface area contributed by atoms with Crippen LogP contribution in [0.4, 0.5) is 0 Å². The van der Waals surface area contributed by atoms with Crippen molar-refractivity contribution in [2.75, 3.05) is 13.2 Å². The van der Waals surface area contributed by atoms with Crippen LogP contribution in [0, 0.1) is 34.5 Å². The zero-order chi connectivity index (χ0) is 27.0. The number of carbonyl (C=O) groups excluding carboxylic acids is 1. The van der Waals surface area contributed by atoms with Gasteiger partial charge in [0, 0.05) is 11.5 Å². The largest absolute Gasteiger partial charge is 0.458 e. The van der Waals surface area contributed by atoms with Crippen LogP contribution in [0.25, 0.3) is 0 Å². The maximum atomic E-state index is 12.4. The summed E-state index contributed by atoms with van der Waals surface area (Å²) < 4.78 is 17.0. The Kier molecular flexibility index (Phi) is 6.78. The lowest BCUT2D eigenvalue weighted by atomic mass is 9.43. The summed E-state index contributed by atoms with van der Waals surface area (Å²) in [6.07, 6.45) is 3.41. The highest BCUT2D eigenvalue weighted by Crippen LogP contribution is 2.70. The summed E-state index contributed by atoms with van der Waals surface area (Å²) in [7, 11) is 0. The van der Waals surface area contributed by atoms with Gasteiger partial charge in [-0.2, -0.15) is 0 Å². The number of aliphatic hydroxyl groups is 5. The third-order valence-electron chi connectivity index (χ3n) is 12.1. The number of hydrogen-bond acceptors (Lipinski definition) is 9. The molecule has 6 rings (SSSR count). The summed E-state index contributed by atoms with van der Waals surface area (Å²) in [5.74, 6) is 0.994. The molecule has 5 N–H and O–H groups in total. The fourth-order valence-electron chi connectivity index (χ4n) is 9.86. The lowest BCUT2D eigenvalue weighted by Crippen LogP contribution is -2.63. The van der Waals surface area contributed by atoms with Crippen LogP contribution in [0.1, 0.15) is 71.6 Å². The van der Waals surface area contributed by atoms with Gasteiger partial charge in [-0.05, 0) is 92.4 Å². The van der Waals surface area contributed by atoms with Crippen molar-refractivity contribution < 1.29 is 44.5 Å². The van der Waals surface area contributed by atoms with Crippen LogP contribution in [-0.2, 0) is 19.0 Å². The van der Waals surface area contributed by atoms with E-state index in [2.05, 4.69) is 13.8 Å². The second-order valence-electron chi connectivity index (χ2n) is 13.5. The molecule has 2 aliphatic heterocycles. The van der Waals surface area contributed by atoms with E-state index in [0.29, 0.717) is 18.4 Å². The van der Waals surface area contributed by atoms with Gasteiger partial charge in [0.1, 0.15) is 31.0 Å². The minimum atomic E-state index is -1.44. The zero-order valence-electron chi connectivity index (χ0n) is 22.5. The number of fused-ring (bicyclic) bond motifs is 5. The molecule has 9 heteroatoms. The van der Waals surface area contributed by atoms with Crippen molar-refractivity contribution in [1.82, 2.24) is 0 Å².